The Morgan fingerprint density at radius 3 is 2.00 bits per heavy atom. The first-order chi connectivity index (χ1) is 14.7. The molecule has 0 bridgehead atoms. The van der Waals surface area contributed by atoms with Gasteiger partial charge in [-0.3, -0.25) is 0 Å². The molecule has 0 aromatic rings. The Morgan fingerprint density at radius 1 is 0.806 bits per heavy atom. The highest BCUT2D eigenvalue weighted by Gasteiger charge is 2.26. The zero-order valence-electron chi connectivity index (χ0n) is 22.2. The van der Waals surface area contributed by atoms with Crippen molar-refractivity contribution in [2.75, 3.05) is 59.0 Å². The van der Waals surface area contributed by atoms with Gasteiger partial charge in [-0.05, 0) is 49.9 Å². The number of nitrogens with zero attached hydrogens (tertiary/aromatic N) is 3. The molecule has 184 valence electrons. The summed E-state index contributed by atoms with van der Waals surface area (Å²) in [5.41, 5.74) is 0.432. The number of hydrogen-bond acceptors (Lipinski definition) is 4. The molecule has 2 rings (SSSR count). The maximum atomic E-state index is 6.22. The van der Waals surface area contributed by atoms with Gasteiger partial charge in [0.05, 0.1) is 6.10 Å². The molecule has 0 aliphatic carbocycles. The fraction of sp³-hybridized carbons (Fsp3) is 1.00. The third-order valence-electron chi connectivity index (χ3n) is 7.61. The number of piperazine rings is 1. The van der Waals surface area contributed by atoms with Crippen LogP contribution in [0.5, 0.6) is 0 Å². The van der Waals surface area contributed by atoms with Crippen molar-refractivity contribution in [3.63, 3.8) is 0 Å². The van der Waals surface area contributed by atoms with Gasteiger partial charge in [-0.2, -0.15) is 0 Å². The predicted molar refractivity (Wildman–Crippen MR) is 135 cm³/mol. The Balaban J connectivity index is 1.50. The maximum absolute atomic E-state index is 6.22. The van der Waals surface area contributed by atoms with E-state index >= 15 is 0 Å². The molecule has 4 heteroatoms. The van der Waals surface area contributed by atoms with Crippen LogP contribution in [0.3, 0.4) is 0 Å². The molecule has 0 aromatic heterocycles. The van der Waals surface area contributed by atoms with E-state index in [1.165, 1.54) is 90.9 Å². The lowest BCUT2D eigenvalue weighted by Gasteiger charge is -2.39. The van der Waals surface area contributed by atoms with Crippen LogP contribution in [-0.2, 0) is 4.74 Å². The van der Waals surface area contributed by atoms with Crippen LogP contribution < -0.4 is 0 Å². The molecule has 0 unspecified atom stereocenters. The number of piperidine rings is 1. The Bertz CT molecular complexity index is 463. The lowest BCUT2D eigenvalue weighted by Crippen LogP contribution is -2.49. The third kappa shape index (κ3) is 10.5. The second kappa shape index (κ2) is 13.5. The van der Waals surface area contributed by atoms with Gasteiger partial charge in [-0.25, -0.2) is 0 Å². The van der Waals surface area contributed by atoms with Crippen molar-refractivity contribution in [2.24, 2.45) is 17.3 Å². The van der Waals surface area contributed by atoms with Crippen molar-refractivity contribution in [2.45, 2.75) is 99.1 Å². The van der Waals surface area contributed by atoms with E-state index in [1.807, 2.05) is 0 Å². The van der Waals surface area contributed by atoms with E-state index in [0.717, 1.165) is 18.4 Å². The number of likely N-dealkylation sites (tertiary alicyclic amines) is 1. The van der Waals surface area contributed by atoms with Crippen molar-refractivity contribution in [1.29, 1.82) is 0 Å². The molecule has 2 aliphatic rings. The highest BCUT2D eigenvalue weighted by atomic mass is 16.5. The van der Waals surface area contributed by atoms with Gasteiger partial charge in [0.2, 0.25) is 0 Å². The minimum absolute atomic E-state index is 0.432. The first-order valence-corrected chi connectivity index (χ1v) is 13.5. The van der Waals surface area contributed by atoms with Crippen molar-refractivity contribution < 1.29 is 4.74 Å². The van der Waals surface area contributed by atoms with Gasteiger partial charge >= 0.3 is 0 Å². The molecule has 0 saturated carbocycles. The summed E-state index contributed by atoms with van der Waals surface area (Å²) in [7, 11) is 0. The van der Waals surface area contributed by atoms with Gasteiger partial charge in [0, 0.05) is 65.0 Å². The second-order valence-corrected chi connectivity index (χ2v) is 12.0. The molecule has 0 radical (unpaired) electrons. The zero-order chi connectivity index (χ0) is 22.9. The number of hydrogen-bond donors (Lipinski definition) is 0. The molecule has 0 aromatic carbocycles. The monoisotopic (exact) mass is 437 g/mol. The molecular formula is C27H55N3O. The van der Waals surface area contributed by atoms with Crippen molar-refractivity contribution in [1.82, 2.24) is 14.7 Å². The number of ether oxygens (including phenoxy) is 1. The van der Waals surface area contributed by atoms with Crippen molar-refractivity contribution in [3.8, 4) is 0 Å². The van der Waals surface area contributed by atoms with Crippen LogP contribution >= 0.6 is 0 Å². The summed E-state index contributed by atoms with van der Waals surface area (Å²) in [5.74, 6) is 1.53. The predicted octanol–water partition coefficient (Wildman–Crippen LogP) is 5.37. The lowest BCUT2D eigenvalue weighted by molar-refractivity contribution is -0.00634. The SMILES string of the molecule is CC(C)CN1CCN(CC(C)(C)CCCCCOC2CCN([C@@H](C)C(C)C)CC2)CC1. The number of rotatable bonds is 13. The van der Waals surface area contributed by atoms with Crippen LogP contribution in [0.1, 0.15) is 87.0 Å². The second-order valence-electron chi connectivity index (χ2n) is 12.0. The minimum atomic E-state index is 0.432. The van der Waals surface area contributed by atoms with E-state index in [2.05, 4.69) is 63.2 Å². The van der Waals surface area contributed by atoms with Crippen LogP contribution in [0, 0.1) is 17.3 Å². The van der Waals surface area contributed by atoms with E-state index in [0.29, 0.717) is 17.6 Å². The first kappa shape index (κ1) is 27.1. The van der Waals surface area contributed by atoms with Gasteiger partial charge < -0.3 is 19.4 Å². The highest BCUT2D eigenvalue weighted by Crippen LogP contribution is 2.26. The molecule has 0 spiro atoms. The molecule has 0 N–H and O–H groups in total. The molecule has 2 saturated heterocycles. The normalized spacial score (nSPS) is 22.0. The lowest BCUT2D eigenvalue weighted by atomic mass is 9.86. The molecule has 2 fully saturated rings. The van der Waals surface area contributed by atoms with E-state index in [4.69, 9.17) is 4.74 Å². The summed E-state index contributed by atoms with van der Waals surface area (Å²) < 4.78 is 6.22. The van der Waals surface area contributed by atoms with Gasteiger partial charge in [0.1, 0.15) is 0 Å². The topological polar surface area (TPSA) is 19.0 Å². The molecule has 2 heterocycles. The van der Waals surface area contributed by atoms with Crippen LogP contribution in [0.15, 0.2) is 0 Å². The van der Waals surface area contributed by atoms with Crippen molar-refractivity contribution >= 4 is 0 Å². The maximum Gasteiger partial charge on any atom is 0.0599 e. The summed E-state index contributed by atoms with van der Waals surface area (Å²) in [6, 6.07) is 0.702. The van der Waals surface area contributed by atoms with Crippen molar-refractivity contribution in [3.05, 3.63) is 0 Å². The van der Waals surface area contributed by atoms with Gasteiger partial charge in [0.15, 0.2) is 0 Å². The van der Waals surface area contributed by atoms with E-state index in [-0.39, 0.29) is 0 Å². The highest BCUT2D eigenvalue weighted by molar-refractivity contribution is 4.80. The van der Waals surface area contributed by atoms with E-state index in [9.17, 15) is 0 Å². The van der Waals surface area contributed by atoms with Crippen LogP contribution in [-0.4, -0.2) is 85.8 Å². The van der Waals surface area contributed by atoms with Crippen LogP contribution in [0.4, 0.5) is 0 Å². The Hall–Kier alpha value is -0.160. The number of unbranched alkanes of at least 4 members (excludes halogenated alkanes) is 2. The molecule has 2 aliphatic heterocycles. The van der Waals surface area contributed by atoms with Gasteiger partial charge in [0.25, 0.3) is 0 Å². The Morgan fingerprint density at radius 2 is 1.42 bits per heavy atom. The fourth-order valence-electron chi connectivity index (χ4n) is 5.33. The Kier molecular flexibility index (Phi) is 11.8. The summed E-state index contributed by atoms with van der Waals surface area (Å²) >= 11 is 0. The minimum Gasteiger partial charge on any atom is -0.378 e. The largest absolute Gasteiger partial charge is 0.378 e. The van der Waals surface area contributed by atoms with E-state index in [1.54, 1.807) is 0 Å². The third-order valence-corrected chi connectivity index (χ3v) is 7.61. The average Bonchev–Trinajstić information content (AvgIpc) is 2.71. The van der Waals surface area contributed by atoms with Crippen LogP contribution in [0.25, 0.3) is 0 Å². The molecule has 0 amide bonds. The smallest absolute Gasteiger partial charge is 0.0599 e. The standard InChI is InChI=1S/C27H55N3O/c1-23(2)21-28-16-18-29(19-17-28)22-27(6,7)13-9-8-10-20-31-26-11-14-30(15-12-26)25(5)24(3)4/h23-26H,8-22H2,1-7H3/t25-/m0/s1. The molecule has 4 nitrogen and oxygen atoms in total. The molecule has 31 heavy (non-hydrogen) atoms. The first-order valence-electron chi connectivity index (χ1n) is 13.5. The summed E-state index contributed by atoms with van der Waals surface area (Å²) in [6.07, 6.45) is 8.16. The van der Waals surface area contributed by atoms with Gasteiger partial charge in [-0.1, -0.05) is 54.4 Å². The quantitative estimate of drug-likeness (QED) is 0.360. The fourth-order valence-corrected chi connectivity index (χ4v) is 5.33. The Labute approximate surface area is 195 Å². The van der Waals surface area contributed by atoms with Crippen LogP contribution in [0.2, 0.25) is 0 Å². The summed E-state index contributed by atoms with van der Waals surface area (Å²) in [5, 5.41) is 0. The summed E-state index contributed by atoms with van der Waals surface area (Å²) in [4.78, 5) is 7.99. The molecular weight excluding hydrogens is 382 g/mol. The summed E-state index contributed by atoms with van der Waals surface area (Å²) in [6.45, 7) is 27.5. The molecule has 1 atom stereocenters. The zero-order valence-corrected chi connectivity index (χ0v) is 22.2. The van der Waals surface area contributed by atoms with Gasteiger partial charge in [-0.15, -0.1) is 0 Å². The van der Waals surface area contributed by atoms with E-state index < -0.39 is 0 Å². The average molecular weight is 438 g/mol.